The van der Waals surface area contributed by atoms with Crippen molar-refractivity contribution in [3.63, 3.8) is 0 Å². The zero-order valence-electron chi connectivity index (χ0n) is 19.1. The van der Waals surface area contributed by atoms with E-state index in [4.69, 9.17) is 0 Å². The maximum absolute atomic E-state index is 3.98. The molecule has 0 atom stereocenters. The second kappa shape index (κ2) is 10.8. The number of allylic oxidation sites excluding steroid dienone is 7. The van der Waals surface area contributed by atoms with Crippen LogP contribution in [0.4, 0.5) is 0 Å². The van der Waals surface area contributed by atoms with E-state index in [9.17, 15) is 0 Å². The standard InChI is InChI=1S/C29H36/c1-8-12-13-14-24(10-3)28-19-25(17-15-22(28)6)26-18-16-23(7)29(20-26)27(11-4)21(5)9-2/h9,12-20H,2,8,10-11H2,1,3-7H3/b13-12-,24-14+,27-21+. The van der Waals surface area contributed by atoms with E-state index in [2.05, 4.69) is 103 Å². The molecule has 0 aliphatic carbocycles. The van der Waals surface area contributed by atoms with E-state index in [1.807, 2.05) is 6.08 Å². The minimum Gasteiger partial charge on any atom is -0.0988 e. The Morgan fingerprint density at radius 2 is 1.45 bits per heavy atom. The third kappa shape index (κ3) is 5.48. The van der Waals surface area contributed by atoms with Crippen LogP contribution in [0.1, 0.15) is 69.2 Å². The van der Waals surface area contributed by atoms with Crippen LogP contribution in [0.2, 0.25) is 0 Å². The Hall–Kier alpha value is -2.60. The smallest absolute Gasteiger partial charge is 0.0178 e. The Bertz CT molecular complexity index is 948. The summed E-state index contributed by atoms with van der Waals surface area (Å²) in [5.74, 6) is 0. The summed E-state index contributed by atoms with van der Waals surface area (Å²) in [7, 11) is 0. The lowest BCUT2D eigenvalue weighted by Gasteiger charge is -2.15. The average Bonchev–Trinajstić information content (AvgIpc) is 2.73. The summed E-state index contributed by atoms with van der Waals surface area (Å²) in [6, 6.07) is 13.7. The van der Waals surface area contributed by atoms with Crippen molar-refractivity contribution in [2.24, 2.45) is 0 Å². The van der Waals surface area contributed by atoms with Gasteiger partial charge in [0, 0.05) is 0 Å². The number of hydrogen-bond acceptors (Lipinski definition) is 0. The van der Waals surface area contributed by atoms with Crippen LogP contribution in [0.5, 0.6) is 0 Å². The molecule has 0 aliphatic heterocycles. The molecule has 0 N–H and O–H groups in total. The van der Waals surface area contributed by atoms with Gasteiger partial charge >= 0.3 is 0 Å². The van der Waals surface area contributed by atoms with E-state index in [0.717, 1.165) is 19.3 Å². The number of benzene rings is 2. The van der Waals surface area contributed by atoms with Gasteiger partial charge in [-0.1, -0.05) is 75.9 Å². The van der Waals surface area contributed by atoms with Crippen LogP contribution >= 0.6 is 0 Å². The molecule has 2 aromatic rings. The first-order chi connectivity index (χ1) is 14.0. The highest BCUT2D eigenvalue weighted by Crippen LogP contribution is 2.33. The summed E-state index contributed by atoms with van der Waals surface area (Å²) in [6.07, 6.45) is 11.7. The summed E-state index contributed by atoms with van der Waals surface area (Å²) in [5.41, 5.74) is 11.9. The highest BCUT2D eigenvalue weighted by Gasteiger charge is 2.10. The van der Waals surface area contributed by atoms with Gasteiger partial charge < -0.3 is 0 Å². The van der Waals surface area contributed by atoms with Gasteiger partial charge in [-0.2, -0.15) is 0 Å². The van der Waals surface area contributed by atoms with Crippen molar-refractivity contribution in [1.29, 1.82) is 0 Å². The molecule has 0 heteroatoms. The molecule has 0 spiro atoms. The fraction of sp³-hybridized carbons (Fsp3) is 0.310. The Morgan fingerprint density at radius 1 is 0.862 bits per heavy atom. The van der Waals surface area contributed by atoms with Crippen molar-refractivity contribution in [1.82, 2.24) is 0 Å². The average molecular weight is 385 g/mol. The molecule has 0 aliphatic rings. The van der Waals surface area contributed by atoms with Gasteiger partial charge in [0.2, 0.25) is 0 Å². The van der Waals surface area contributed by atoms with Crippen molar-refractivity contribution in [2.75, 3.05) is 0 Å². The van der Waals surface area contributed by atoms with Gasteiger partial charge in [-0.05, 0) is 102 Å². The van der Waals surface area contributed by atoms with E-state index < -0.39 is 0 Å². The minimum absolute atomic E-state index is 1.01. The van der Waals surface area contributed by atoms with E-state index >= 15 is 0 Å². The molecule has 152 valence electrons. The van der Waals surface area contributed by atoms with Gasteiger partial charge in [-0.3, -0.25) is 0 Å². The molecule has 0 nitrogen and oxygen atoms in total. The Morgan fingerprint density at radius 3 is 1.97 bits per heavy atom. The zero-order valence-corrected chi connectivity index (χ0v) is 19.1. The molecule has 2 rings (SSSR count). The van der Waals surface area contributed by atoms with Crippen molar-refractivity contribution in [3.8, 4) is 11.1 Å². The van der Waals surface area contributed by atoms with E-state index in [-0.39, 0.29) is 0 Å². The molecule has 0 fully saturated rings. The lowest BCUT2D eigenvalue weighted by Crippen LogP contribution is -1.94. The third-order valence-electron chi connectivity index (χ3n) is 5.67. The monoisotopic (exact) mass is 384 g/mol. The lowest BCUT2D eigenvalue weighted by molar-refractivity contribution is 1.20. The SMILES string of the molecule is C=C/C(C)=C(\CC)c1cc(-c2ccc(C)c(/C(=C/C=C\CC)CC)c2)ccc1C. The summed E-state index contributed by atoms with van der Waals surface area (Å²) in [6.45, 7) is 17.2. The molecular weight excluding hydrogens is 348 g/mol. The highest BCUT2D eigenvalue weighted by molar-refractivity contribution is 5.79. The normalized spacial score (nSPS) is 13.0. The van der Waals surface area contributed by atoms with Crippen molar-refractivity contribution >= 4 is 11.1 Å². The van der Waals surface area contributed by atoms with Crippen LogP contribution in [-0.2, 0) is 0 Å². The summed E-state index contributed by atoms with van der Waals surface area (Å²) < 4.78 is 0. The molecule has 0 saturated carbocycles. The summed E-state index contributed by atoms with van der Waals surface area (Å²) >= 11 is 0. The Balaban J connectivity index is 2.59. The van der Waals surface area contributed by atoms with Gasteiger partial charge in [0.1, 0.15) is 0 Å². The maximum atomic E-state index is 3.98. The van der Waals surface area contributed by atoms with Crippen molar-refractivity contribution in [2.45, 2.75) is 60.8 Å². The Kier molecular flexibility index (Phi) is 8.46. The number of rotatable bonds is 8. The van der Waals surface area contributed by atoms with Crippen molar-refractivity contribution < 1.29 is 0 Å². The first-order valence-electron chi connectivity index (χ1n) is 10.9. The van der Waals surface area contributed by atoms with Gasteiger partial charge in [-0.15, -0.1) is 0 Å². The molecule has 2 aromatic carbocycles. The third-order valence-corrected chi connectivity index (χ3v) is 5.67. The molecule has 0 amide bonds. The van der Waals surface area contributed by atoms with Crippen LogP contribution in [0.15, 0.2) is 72.9 Å². The molecule has 0 aromatic heterocycles. The molecule has 0 heterocycles. The predicted octanol–water partition coefficient (Wildman–Crippen LogP) is 9.10. The quantitative estimate of drug-likeness (QED) is 0.398. The minimum atomic E-state index is 1.01. The van der Waals surface area contributed by atoms with Gasteiger partial charge in [0.15, 0.2) is 0 Å². The molecule has 0 unspecified atom stereocenters. The summed E-state index contributed by atoms with van der Waals surface area (Å²) in [5, 5.41) is 0. The molecular formula is C29H36. The first-order valence-corrected chi connectivity index (χ1v) is 10.9. The van der Waals surface area contributed by atoms with Gasteiger partial charge in [0.25, 0.3) is 0 Å². The zero-order chi connectivity index (χ0) is 21.4. The fourth-order valence-electron chi connectivity index (χ4n) is 3.80. The van der Waals surface area contributed by atoms with Crippen LogP contribution in [0.25, 0.3) is 22.3 Å². The van der Waals surface area contributed by atoms with E-state index in [1.54, 1.807) is 0 Å². The summed E-state index contributed by atoms with van der Waals surface area (Å²) in [4.78, 5) is 0. The second-order valence-corrected chi connectivity index (χ2v) is 7.66. The number of hydrogen-bond donors (Lipinski definition) is 0. The van der Waals surface area contributed by atoms with Crippen molar-refractivity contribution in [3.05, 3.63) is 95.1 Å². The number of aryl methyl sites for hydroxylation is 2. The largest absolute Gasteiger partial charge is 0.0988 e. The van der Waals surface area contributed by atoms with Crippen LogP contribution in [-0.4, -0.2) is 0 Å². The van der Waals surface area contributed by atoms with E-state index in [1.165, 1.54) is 50.1 Å². The molecule has 0 saturated heterocycles. The van der Waals surface area contributed by atoms with Crippen LogP contribution < -0.4 is 0 Å². The molecule has 0 radical (unpaired) electrons. The maximum Gasteiger partial charge on any atom is -0.0178 e. The van der Waals surface area contributed by atoms with Crippen LogP contribution in [0, 0.1) is 13.8 Å². The highest BCUT2D eigenvalue weighted by atomic mass is 14.1. The Labute approximate surface area is 178 Å². The first kappa shape index (κ1) is 22.7. The van der Waals surface area contributed by atoms with Gasteiger partial charge in [-0.25, -0.2) is 0 Å². The van der Waals surface area contributed by atoms with Crippen LogP contribution in [0.3, 0.4) is 0 Å². The molecule has 0 bridgehead atoms. The molecule has 29 heavy (non-hydrogen) atoms. The lowest BCUT2D eigenvalue weighted by atomic mass is 9.89. The second-order valence-electron chi connectivity index (χ2n) is 7.66. The van der Waals surface area contributed by atoms with Gasteiger partial charge in [0.05, 0.1) is 0 Å². The topological polar surface area (TPSA) is 0 Å². The fourth-order valence-corrected chi connectivity index (χ4v) is 3.80. The predicted molar refractivity (Wildman–Crippen MR) is 132 cm³/mol. The van der Waals surface area contributed by atoms with E-state index in [0.29, 0.717) is 0 Å².